The molecule has 0 aliphatic heterocycles. The van der Waals surface area contributed by atoms with Crippen LogP contribution >= 0.6 is 11.3 Å². The molecular weight excluding hydrogens is 250 g/mol. The average molecular weight is 271 g/mol. The molecule has 102 valence electrons. The summed E-state index contributed by atoms with van der Waals surface area (Å²) in [5.74, 6) is -0.390. The molecule has 0 radical (unpaired) electrons. The van der Waals surface area contributed by atoms with Crippen molar-refractivity contribution in [1.29, 1.82) is 0 Å². The van der Waals surface area contributed by atoms with Gasteiger partial charge in [0.1, 0.15) is 11.1 Å². The number of ether oxygens (including phenoxy) is 2. The van der Waals surface area contributed by atoms with Crippen LogP contribution in [0.1, 0.15) is 54.2 Å². The molecule has 0 spiro atoms. The molecule has 1 aromatic heterocycles. The summed E-state index contributed by atoms with van der Waals surface area (Å²) in [5, 5.41) is 0.835. The minimum atomic E-state index is -0.390. The van der Waals surface area contributed by atoms with Gasteiger partial charge in [-0.15, -0.1) is 11.3 Å². The Morgan fingerprint density at radius 1 is 1.44 bits per heavy atom. The quantitative estimate of drug-likeness (QED) is 0.788. The molecule has 0 saturated heterocycles. The van der Waals surface area contributed by atoms with Crippen molar-refractivity contribution in [3.05, 3.63) is 15.6 Å². The molecule has 1 heterocycles. The molecule has 0 aliphatic rings. The third kappa shape index (κ3) is 3.29. The van der Waals surface area contributed by atoms with Gasteiger partial charge < -0.3 is 9.47 Å². The summed E-state index contributed by atoms with van der Waals surface area (Å²) in [6.45, 7) is 10.7. The second kappa shape index (κ2) is 5.80. The van der Waals surface area contributed by atoms with Gasteiger partial charge in [-0.3, -0.25) is 0 Å². The Balaban J connectivity index is 3.11. The molecule has 1 atom stereocenters. The number of nitrogens with zero attached hydrogens (tertiary/aromatic N) is 1. The van der Waals surface area contributed by atoms with Crippen LogP contribution in [-0.2, 0) is 9.47 Å². The van der Waals surface area contributed by atoms with E-state index >= 15 is 0 Å². The van der Waals surface area contributed by atoms with Gasteiger partial charge >= 0.3 is 5.97 Å². The summed E-state index contributed by atoms with van der Waals surface area (Å²) in [6, 6.07) is 0. The maximum absolute atomic E-state index is 11.6. The van der Waals surface area contributed by atoms with E-state index in [1.807, 2.05) is 13.8 Å². The fourth-order valence-corrected chi connectivity index (χ4v) is 2.88. The lowest BCUT2D eigenvalue weighted by atomic mass is 9.89. The first-order chi connectivity index (χ1) is 8.31. The molecule has 0 saturated carbocycles. The minimum absolute atomic E-state index is 0.0618. The maximum atomic E-state index is 11.6. The Morgan fingerprint density at radius 3 is 2.50 bits per heavy atom. The fourth-order valence-electron chi connectivity index (χ4n) is 1.67. The smallest absolute Gasteiger partial charge is 0.357 e. The van der Waals surface area contributed by atoms with E-state index in [0.717, 1.165) is 9.88 Å². The number of hydrogen-bond acceptors (Lipinski definition) is 5. The monoisotopic (exact) mass is 271 g/mol. The summed E-state index contributed by atoms with van der Waals surface area (Å²) >= 11 is 1.50. The zero-order valence-electron chi connectivity index (χ0n) is 11.9. The van der Waals surface area contributed by atoms with E-state index in [-0.39, 0.29) is 17.5 Å². The van der Waals surface area contributed by atoms with Crippen LogP contribution in [0.5, 0.6) is 0 Å². The van der Waals surface area contributed by atoms with Crippen molar-refractivity contribution in [1.82, 2.24) is 4.98 Å². The van der Waals surface area contributed by atoms with Crippen molar-refractivity contribution in [2.24, 2.45) is 5.41 Å². The van der Waals surface area contributed by atoms with Gasteiger partial charge in [-0.25, -0.2) is 9.78 Å². The van der Waals surface area contributed by atoms with E-state index in [9.17, 15) is 4.79 Å². The van der Waals surface area contributed by atoms with Gasteiger partial charge in [-0.2, -0.15) is 0 Å². The van der Waals surface area contributed by atoms with Crippen LogP contribution in [0, 0.1) is 12.3 Å². The number of rotatable bonds is 4. The minimum Gasteiger partial charge on any atom is -0.464 e. The molecule has 0 bridgehead atoms. The van der Waals surface area contributed by atoms with E-state index in [4.69, 9.17) is 9.47 Å². The van der Waals surface area contributed by atoms with E-state index in [1.165, 1.54) is 18.4 Å². The number of carbonyl (C=O) groups excluding carboxylic acids is 1. The third-order valence-corrected chi connectivity index (χ3v) is 3.55. The van der Waals surface area contributed by atoms with E-state index in [1.54, 1.807) is 0 Å². The lowest BCUT2D eigenvalue weighted by Crippen LogP contribution is -2.21. The van der Waals surface area contributed by atoms with Crippen molar-refractivity contribution in [2.75, 3.05) is 13.7 Å². The number of methoxy groups -OCH3 is 1. The zero-order valence-corrected chi connectivity index (χ0v) is 12.7. The molecule has 18 heavy (non-hydrogen) atoms. The van der Waals surface area contributed by atoms with Crippen LogP contribution in [0.25, 0.3) is 0 Å². The van der Waals surface area contributed by atoms with Crippen LogP contribution < -0.4 is 0 Å². The summed E-state index contributed by atoms with van der Waals surface area (Å²) in [5.41, 5.74) is 0.333. The van der Waals surface area contributed by atoms with Gasteiger partial charge in [0.15, 0.2) is 5.69 Å². The number of aryl methyl sites for hydroxylation is 1. The molecule has 0 N–H and O–H groups in total. The van der Waals surface area contributed by atoms with Crippen molar-refractivity contribution >= 4 is 17.3 Å². The number of carbonyl (C=O) groups is 1. The predicted molar refractivity (Wildman–Crippen MR) is 72.0 cm³/mol. The van der Waals surface area contributed by atoms with Crippen LogP contribution in [0.4, 0.5) is 0 Å². The van der Waals surface area contributed by atoms with Gasteiger partial charge in [0.2, 0.25) is 0 Å². The zero-order chi connectivity index (χ0) is 13.9. The maximum Gasteiger partial charge on any atom is 0.357 e. The van der Waals surface area contributed by atoms with Gasteiger partial charge in [-0.05, 0) is 19.3 Å². The molecule has 1 unspecified atom stereocenters. The van der Waals surface area contributed by atoms with Gasteiger partial charge in [-0.1, -0.05) is 20.8 Å². The Hall–Kier alpha value is -0.940. The van der Waals surface area contributed by atoms with E-state index in [2.05, 4.69) is 25.8 Å². The van der Waals surface area contributed by atoms with Gasteiger partial charge in [0.05, 0.1) is 7.11 Å². The molecule has 0 aliphatic carbocycles. The highest BCUT2D eigenvalue weighted by Gasteiger charge is 2.31. The van der Waals surface area contributed by atoms with Crippen molar-refractivity contribution in [3.8, 4) is 0 Å². The Kier molecular flexibility index (Phi) is 4.87. The Labute approximate surface area is 112 Å². The van der Waals surface area contributed by atoms with Crippen LogP contribution in [0.2, 0.25) is 0 Å². The lowest BCUT2D eigenvalue weighted by Gasteiger charge is -2.28. The molecule has 0 amide bonds. The second-order valence-electron chi connectivity index (χ2n) is 5.15. The molecule has 5 heteroatoms. The second-order valence-corrected chi connectivity index (χ2v) is 6.38. The van der Waals surface area contributed by atoms with Gasteiger partial charge in [0, 0.05) is 11.5 Å². The van der Waals surface area contributed by atoms with Crippen molar-refractivity contribution in [2.45, 2.75) is 40.7 Å². The number of esters is 1. The first kappa shape index (κ1) is 15.1. The SMILES string of the molecule is CCOC(c1nc(C(=O)OC)c(C)s1)C(C)(C)C. The Morgan fingerprint density at radius 2 is 2.06 bits per heavy atom. The van der Waals surface area contributed by atoms with Gasteiger partial charge in [0.25, 0.3) is 0 Å². The first-order valence-electron chi connectivity index (χ1n) is 5.98. The normalized spacial score (nSPS) is 13.4. The molecular formula is C13H21NO3S. The molecule has 4 nitrogen and oxygen atoms in total. The van der Waals surface area contributed by atoms with Crippen molar-refractivity contribution in [3.63, 3.8) is 0 Å². The first-order valence-corrected chi connectivity index (χ1v) is 6.80. The number of thiazole rings is 1. The highest BCUT2D eigenvalue weighted by molar-refractivity contribution is 7.11. The third-order valence-electron chi connectivity index (χ3n) is 2.54. The molecule has 0 fully saturated rings. The van der Waals surface area contributed by atoms with Crippen molar-refractivity contribution < 1.29 is 14.3 Å². The number of aromatic nitrogens is 1. The molecule has 1 aromatic rings. The lowest BCUT2D eigenvalue weighted by molar-refractivity contribution is -0.0134. The number of hydrogen-bond donors (Lipinski definition) is 0. The van der Waals surface area contributed by atoms with E-state index in [0.29, 0.717) is 12.3 Å². The standard InChI is InChI=1S/C13H21NO3S/c1-7-17-10(13(3,4)5)11-14-9(8(2)18-11)12(15)16-6/h10H,7H2,1-6H3. The summed E-state index contributed by atoms with van der Waals surface area (Å²) in [6.07, 6.45) is -0.107. The fraction of sp³-hybridized carbons (Fsp3) is 0.692. The van der Waals surface area contributed by atoms with Crippen LogP contribution in [0.3, 0.4) is 0 Å². The molecule has 1 rings (SSSR count). The Bertz CT molecular complexity index is 420. The van der Waals surface area contributed by atoms with Crippen LogP contribution in [-0.4, -0.2) is 24.7 Å². The summed E-state index contributed by atoms with van der Waals surface area (Å²) < 4.78 is 10.5. The average Bonchev–Trinajstić information content (AvgIpc) is 2.65. The van der Waals surface area contributed by atoms with Crippen LogP contribution in [0.15, 0.2) is 0 Å². The summed E-state index contributed by atoms with van der Waals surface area (Å²) in [7, 11) is 1.37. The highest BCUT2D eigenvalue weighted by Crippen LogP contribution is 2.38. The highest BCUT2D eigenvalue weighted by atomic mass is 32.1. The topological polar surface area (TPSA) is 48.4 Å². The van der Waals surface area contributed by atoms with E-state index < -0.39 is 0 Å². The summed E-state index contributed by atoms with van der Waals surface area (Å²) in [4.78, 5) is 16.8. The molecule has 0 aromatic carbocycles. The largest absolute Gasteiger partial charge is 0.464 e. The predicted octanol–water partition coefficient (Wildman–Crippen LogP) is 3.36.